The average molecular weight is 551 g/mol. The monoisotopic (exact) mass is 550 g/mol. The van der Waals surface area contributed by atoms with Gasteiger partial charge in [0.2, 0.25) is 0 Å². The Labute approximate surface area is 231 Å². The number of anilines is 2. The Bertz CT molecular complexity index is 1460. The van der Waals surface area contributed by atoms with E-state index in [-0.39, 0.29) is 5.71 Å². The number of hydrogen-bond acceptors (Lipinski definition) is 8. The van der Waals surface area contributed by atoms with Crippen molar-refractivity contribution in [1.29, 1.82) is 5.41 Å². The molecule has 10 heteroatoms. The van der Waals surface area contributed by atoms with Crippen LogP contribution in [-0.4, -0.2) is 59.7 Å². The van der Waals surface area contributed by atoms with Gasteiger partial charge in [0.05, 0.1) is 24.1 Å². The number of likely N-dealkylation sites (N-methyl/N-ethyl adjacent to an activating group) is 1. The fourth-order valence-electron chi connectivity index (χ4n) is 3.99. The van der Waals surface area contributed by atoms with E-state index in [0.717, 1.165) is 17.6 Å². The molecule has 208 valence electrons. The van der Waals surface area contributed by atoms with Crippen molar-refractivity contribution in [2.45, 2.75) is 26.7 Å². The number of aliphatic imine (C=N–C) groups is 1. The highest BCUT2D eigenvalue weighted by Gasteiger charge is 2.23. The number of benzene rings is 2. The fraction of sp³-hybridized carbons (Fsp3) is 0.310. The Hall–Kier alpha value is -3.89. The van der Waals surface area contributed by atoms with E-state index in [0.29, 0.717) is 52.8 Å². The van der Waals surface area contributed by atoms with Gasteiger partial charge in [-0.1, -0.05) is 31.2 Å². The summed E-state index contributed by atoms with van der Waals surface area (Å²) in [6, 6.07) is 12.6. The van der Waals surface area contributed by atoms with E-state index in [1.807, 2.05) is 57.1 Å². The van der Waals surface area contributed by atoms with Crippen LogP contribution in [0.3, 0.4) is 0 Å². The van der Waals surface area contributed by atoms with Crippen molar-refractivity contribution in [3.05, 3.63) is 88.1 Å². The van der Waals surface area contributed by atoms with Crippen molar-refractivity contribution in [3.63, 3.8) is 0 Å². The SMILES string of the molecule is CCC1=CN=C(Nc2cccc(N(C)S(=O)(=O)/C=C/CN(C)C)c2)C(C(=N)c2ccc(C)c(OC)c2)=C(N)C1. The lowest BCUT2D eigenvalue weighted by molar-refractivity contribution is 0.411. The topological polar surface area (TPSA) is 124 Å². The number of rotatable bonds is 10. The van der Waals surface area contributed by atoms with Crippen molar-refractivity contribution in [2.24, 2.45) is 10.7 Å². The zero-order valence-electron chi connectivity index (χ0n) is 23.4. The van der Waals surface area contributed by atoms with Crippen molar-refractivity contribution < 1.29 is 13.2 Å². The number of ether oxygens (including phenoxy) is 1. The minimum atomic E-state index is -3.67. The van der Waals surface area contributed by atoms with E-state index >= 15 is 0 Å². The van der Waals surface area contributed by atoms with Crippen LogP contribution in [-0.2, 0) is 10.0 Å². The van der Waals surface area contributed by atoms with Gasteiger partial charge in [-0.05, 0) is 62.8 Å². The Morgan fingerprint density at radius 1 is 1.21 bits per heavy atom. The van der Waals surface area contributed by atoms with Crippen molar-refractivity contribution in [1.82, 2.24) is 4.90 Å². The quantitative estimate of drug-likeness (QED) is 0.371. The molecule has 3 rings (SSSR count). The first-order valence-corrected chi connectivity index (χ1v) is 14.1. The molecule has 0 aliphatic carbocycles. The normalized spacial score (nSPS) is 14.2. The van der Waals surface area contributed by atoms with Crippen LogP contribution < -0.4 is 20.1 Å². The van der Waals surface area contributed by atoms with Crippen LogP contribution in [0.5, 0.6) is 5.75 Å². The van der Waals surface area contributed by atoms with E-state index in [2.05, 4.69) is 10.3 Å². The van der Waals surface area contributed by atoms with Gasteiger partial charge in [0.1, 0.15) is 11.6 Å². The summed E-state index contributed by atoms with van der Waals surface area (Å²) < 4.78 is 32.4. The number of nitrogens with zero attached hydrogens (tertiary/aromatic N) is 3. The van der Waals surface area contributed by atoms with Gasteiger partial charge in [-0.2, -0.15) is 0 Å². The van der Waals surface area contributed by atoms with Crippen LogP contribution in [0, 0.1) is 12.3 Å². The number of amidine groups is 1. The highest BCUT2D eigenvalue weighted by molar-refractivity contribution is 7.95. The number of aryl methyl sites for hydroxylation is 1. The van der Waals surface area contributed by atoms with Gasteiger partial charge < -0.3 is 20.7 Å². The first-order valence-electron chi connectivity index (χ1n) is 12.6. The Morgan fingerprint density at radius 3 is 2.62 bits per heavy atom. The van der Waals surface area contributed by atoms with Gasteiger partial charge in [-0.25, -0.2) is 13.4 Å². The highest BCUT2D eigenvalue weighted by Crippen LogP contribution is 2.27. The molecule has 0 radical (unpaired) electrons. The van der Waals surface area contributed by atoms with Gasteiger partial charge in [0.15, 0.2) is 0 Å². The predicted octanol–water partition coefficient (Wildman–Crippen LogP) is 4.63. The highest BCUT2D eigenvalue weighted by atomic mass is 32.2. The lowest BCUT2D eigenvalue weighted by Gasteiger charge is -2.20. The summed E-state index contributed by atoms with van der Waals surface area (Å²) in [6.45, 7) is 4.49. The van der Waals surface area contributed by atoms with E-state index in [1.54, 1.807) is 37.6 Å². The molecule has 0 bridgehead atoms. The molecule has 0 aromatic heterocycles. The average Bonchev–Trinajstić information content (AvgIpc) is 3.05. The minimum absolute atomic E-state index is 0.213. The Balaban J connectivity index is 1.98. The maximum Gasteiger partial charge on any atom is 0.256 e. The summed E-state index contributed by atoms with van der Waals surface area (Å²) in [5.41, 5.74) is 11.5. The van der Waals surface area contributed by atoms with Crippen molar-refractivity contribution >= 4 is 32.9 Å². The molecule has 0 fully saturated rings. The second kappa shape index (κ2) is 12.8. The lowest BCUT2D eigenvalue weighted by atomic mass is 9.96. The summed E-state index contributed by atoms with van der Waals surface area (Å²) in [5.74, 6) is 1.09. The lowest BCUT2D eigenvalue weighted by Crippen LogP contribution is -2.26. The molecule has 0 saturated carbocycles. The molecule has 1 aliphatic heterocycles. The van der Waals surface area contributed by atoms with Crippen LogP contribution in [0.25, 0.3) is 0 Å². The Morgan fingerprint density at radius 2 is 1.95 bits per heavy atom. The maximum atomic E-state index is 12.9. The van der Waals surface area contributed by atoms with Crippen molar-refractivity contribution in [2.75, 3.05) is 44.4 Å². The van der Waals surface area contributed by atoms with Gasteiger partial charge in [0.25, 0.3) is 10.0 Å². The molecule has 9 nitrogen and oxygen atoms in total. The third-order valence-corrected chi connectivity index (χ3v) is 7.86. The maximum absolute atomic E-state index is 12.9. The molecular weight excluding hydrogens is 512 g/mol. The standard InChI is InChI=1S/C29H38N6O3S/c1-7-21-16-25(30)27(28(31)22-13-12-20(2)26(17-22)38-6)29(32-19-21)33-23-10-8-11-24(18-23)35(5)39(36,37)15-9-14-34(3)4/h8-13,15,17-19,31H,7,14,16,30H2,1-6H3,(H,32,33)/b15-9+,31-28?. The van der Waals surface area contributed by atoms with Crippen LogP contribution in [0.1, 0.15) is 30.9 Å². The van der Waals surface area contributed by atoms with Crippen LogP contribution >= 0.6 is 0 Å². The second-order valence-corrected chi connectivity index (χ2v) is 11.4. The van der Waals surface area contributed by atoms with Crippen LogP contribution in [0.15, 0.2) is 82.0 Å². The molecule has 0 unspecified atom stereocenters. The summed E-state index contributed by atoms with van der Waals surface area (Å²) in [7, 11) is 3.18. The smallest absolute Gasteiger partial charge is 0.256 e. The summed E-state index contributed by atoms with van der Waals surface area (Å²) in [4.78, 5) is 6.55. The summed E-state index contributed by atoms with van der Waals surface area (Å²) >= 11 is 0. The molecule has 1 heterocycles. The van der Waals surface area contributed by atoms with E-state index in [4.69, 9.17) is 15.9 Å². The Kier molecular flexibility index (Phi) is 9.71. The predicted molar refractivity (Wildman–Crippen MR) is 161 cm³/mol. The number of hydrogen-bond donors (Lipinski definition) is 3. The molecule has 0 spiro atoms. The number of nitrogens with one attached hydrogen (secondary N) is 2. The van der Waals surface area contributed by atoms with Crippen molar-refractivity contribution in [3.8, 4) is 5.75 Å². The third-order valence-electron chi connectivity index (χ3n) is 6.35. The molecule has 1 aliphatic rings. The molecular formula is C29H38N6O3S. The molecule has 39 heavy (non-hydrogen) atoms. The summed E-state index contributed by atoms with van der Waals surface area (Å²) in [6.07, 6.45) is 4.65. The first kappa shape index (κ1) is 29.7. The second-order valence-electron chi connectivity index (χ2n) is 9.58. The summed E-state index contributed by atoms with van der Waals surface area (Å²) in [5, 5.41) is 13.6. The van der Waals surface area contributed by atoms with E-state index < -0.39 is 10.0 Å². The van der Waals surface area contributed by atoms with E-state index in [1.165, 1.54) is 16.8 Å². The van der Waals surface area contributed by atoms with Crippen LogP contribution in [0.2, 0.25) is 0 Å². The molecule has 0 saturated heterocycles. The molecule has 0 atom stereocenters. The van der Waals surface area contributed by atoms with E-state index in [9.17, 15) is 8.42 Å². The van der Waals surface area contributed by atoms with Gasteiger partial charge in [-0.3, -0.25) is 9.71 Å². The zero-order chi connectivity index (χ0) is 28.7. The minimum Gasteiger partial charge on any atom is -0.496 e. The number of nitrogens with two attached hydrogens (primary N) is 1. The molecule has 4 N–H and O–H groups in total. The largest absolute Gasteiger partial charge is 0.496 e. The van der Waals surface area contributed by atoms with Gasteiger partial charge >= 0.3 is 0 Å². The molecule has 0 amide bonds. The molecule has 2 aromatic carbocycles. The van der Waals surface area contributed by atoms with Gasteiger partial charge in [-0.15, -0.1) is 0 Å². The molecule has 2 aromatic rings. The number of allylic oxidation sites excluding steroid dienone is 1. The zero-order valence-corrected chi connectivity index (χ0v) is 24.3. The first-order chi connectivity index (χ1) is 18.5. The number of sulfonamides is 1. The fourth-order valence-corrected chi connectivity index (χ4v) is 4.91. The van der Waals surface area contributed by atoms with Gasteiger partial charge in [0, 0.05) is 48.6 Å². The third kappa shape index (κ3) is 7.36. The van der Waals surface area contributed by atoms with Crippen LogP contribution in [0.4, 0.5) is 11.4 Å². The number of methoxy groups -OCH3 is 1.